The molecule has 0 spiro atoms. The second kappa shape index (κ2) is 15.5. The van der Waals surface area contributed by atoms with E-state index in [0.717, 1.165) is 42.8 Å². The maximum Gasteiger partial charge on any atom is 0.332 e. The molecule has 4 rings (SSSR count). The molecule has 1 saturated carbocycles. The fourth-order valence-corrected chi connectivity index (χ4v) is 5.63. The van der Waals surface area contributed by atoms with Crippen LogP contribution in [0.3, 0.4) is 0 Å². The molecule has 3 heterocycles. The number of hydrogen-bond donors (Lipinski definition) is 3. The van der Waals surface area contributed by atoms with Crippen LogP contribution >= 0.6 is 11.6 Å². The van der Waals surface area contributed by atoms with Gasteiger partial charge in [0.15, 0.2) is 0 Å². The normalized spacial score (nSPS) is 20.9. The summed E-state index contributed by atoms with van der Waals surface area (Å²) in [5.74, 6) is 1.14. The number of halogens is 1. The summed E-state index contributed by atoms with van der Waals surface area (Å²) in [6.07, 6.45) is 7.04. The fraction of sp³-hybridized carbons (Fsp3) is 0.613. The lowest BCUT2D eigenvalue weighted by molar-refractivity contribution is -0.152. The van der Waals surface area contributed by atoms with Crippen molar-refractivity contribution in [1.29, 1.82) is 5.26 Å². The Hall–Kier alpha value is -2.97. The maximum absolute atomic E-state index is 11.6. The molecule has 2 fully saturated rings. The van der Waals surface area contributed by atoms with Crippen molar-refractivity contribution >= 4 is 29.2 Å². The van der Waals surface area contributed by atoms with Gasteiger partial charge in [-0.15, -0.1) is 0 Å². The minimum absolute atomic E-state index is 0.0228. The lowest BCUT2D eigenvalue weighted by Crippen LogP contribution is -2.43. The minimum atomic E-state index is -0.440. The number of anilines is 2. The van der Waals surface area contributed by atoms with E-state index in [4.69, 9.17) is 30.8 Å². The highest BCUT2D eigenvalue weighted by molar-refractivity contribution is 6.33. The van der Waals surface area contributed by atoms with Crippen molar-refractivity contribution in [2.75, 3.05) is 43.6 Å². The molecule has 42 heavy (non-hydrogen) atoms. The largest absolute Gasteiger partial charge is 0.461 e. The van der Waals surface area contributed by atoms with Crippen LogP contribution in [-0.2, 0) is 19.0 Å². The number of carbonyl (C=O) groups excluding carboxylic acids is 1. The van der Waals surface area contributed by atoms with Crippen molar-refractivity contribution in [1.82, 2.24) is 15.3 Å². The van der Waals surface area contributed by atoms with Crippen LogP contribution in [-0.4, -0.2) is 73.1 Å². The molecule has 2 aromatic rings. The van der Waals surface area contributed by atoms with Crippen LogP contribution in [0.1, 0.15) is 59.3 Å². The van der Waals surface area contributed by atoms with Crippen molar-refractivity contribution < 1.29 is 19.0 Å². The molecule has 1 saturated heterocycles. The van der Waals surface area contributed by atoms with Gasteiger partial charge in [0.1, 0.15) is 18.2 Å². The van der Waals surface area contributed by atoms with Crippen LogP contribution in [0.5, 0.6) is 0 Å². The third kappa shape index (κ3) is 9.53. The Morgan fingerprint density at radius 1 is 1.17 bits per heavy atom. The Morgan fingerprint density at radius 2 is 1.90 bits per heavy atom. The average molecular weight is 599 g/mol. The van der Waals surface area contributed by atoms with E-state index in [1.165, 1.54) is 0 Å². The predicted octanol–water partition coefficient (Wildman–Crippen LogP) is 5.20. The minimum Gasteiger partial charge on any atom is -0.461 e. The molecule has 1 aliphatic carbocycles. The topological polar surface area (TPSA) is 130 Å². The molecule has 2 aromatic heterocycles. The lowest BCUT2D eigenvalue weighted by Gasteiger charge is -2.32. The van der Waals surface area contributed by atoms with Crippen molar-refractivity contribution in [3.63, 3.8) is 0 Å². The van der Waals surface area contributed by atoms with Crippen LogP contribution < -0.4 is 16.0 Å². The van der Waals surface area contributed by atoms with Gasteiger partial charge in [0.2, 0.25) is 0 Å². The van der Waals surface area contributed by atoms with Crippen LogP contribution in [0.4, 0.5) is 11.6 Å². The summed E-state index contributed by atoms with van der Waals surface area (Å²) in [6.45, 7) is 7.90. The molecule has 10 nitrogen and oxygen atoms in total. The molecular weight excluding hydrogens is 556 g/mol. The summed E-state index contributed by atoms with van der Waals surface area (Å²) < 4.78 is 16.1. The number of nitriles is 1. The van der Waals surface area contributed by atoms with E-state index in [-0.39, 0.29) is 24.7 Å². The van der Waals surface area contributed by atoms with Gasteiger partial charge in [-0.1, -0.05) is 17.7 Å². The van der Waals surface area contributed by atoms with Gasteiger partial charge in [-0.3, -0.25) is 0 Å². The number of aromatic nitrogens is 2. The number of esters is 1. The smallest absolute Gasteiger partial charge is 0.332 e. The van der Waals surface area contributed by atoms with Gasteiger partial charge in [-0.25, -0.2) is 14.8 Å². The third-order valence-corrected chi connectivity index (χ3v) is 8.03. The van der Waals surface area contributed by atoms with Crippen LogP contribution in [0.15, 0.2) is 30.5 Å². The summed E-state index contributed by atoms with van der Waals surface area (Å²) >= 11 is 6.56. The first-order chi connectivity index (χ1) is 20.2. The number of nitrogens with one attached hydrogen (secondary N) is 3. The molecule has 1 aliphatic heterocycles. The molecule has 0 bridgehead atoms. The first kappa shape index (κ1) is 32.0. The van der Waals surface area contributed by atoms with E-state index < -0.39 is 5.41 Å². The zero-order valence-corrected chi connectivity index (χ0v) is 25.6. The number of ether oxygens (including phenoxy) is 3. The van der Waals surface area contributed by atoms with E-state index in [2.05, 4.69) is 33.9 Å². The summed E-state index contributed by atoms with van der Waals surface area (Å²) in [5.41, 5.74) is 1.11. The van der Waals surface area contributed by atoms with E-state index in [9.17, 15) is 10.1 Å². The second-order valence-corrected chi connectivity index (χ2v) is 12.0. The van der Waals surface area contributed by atoms with Crippen molar-refractivity contribution in [3.05, 3.63) is 35.5 Å². The molecule has 11 heteroatoms. The van der Waals surface area contributed by atoms with Crippen molar-refractivity contribution in [2.24, 2.45) is 5.41 Å². The summed E-state index contributed by atoms with van der Waals surface area (Å²) in [7, 11) is 0. The number of pyridine rings is 2. The molecule has 0 amide bonds. The quantitative estimate of drug-likeness (QED) is 0.264. The van der Waals surface area contributed by atoms with Gasteiger partial charge in [-0.05, 0) is 77.5 Å². The van der Waals surface area contributed by atoms with Crippen molar-refractivity contribution in [3.8, 4) is 17.3 Å². The summed E-state index contributed by atoms with van der Waals surface area (Å²) in [4.78, 5) is 21.0. The Bertz CT molecular complexity index is 1210. The van der Waals surface area contributed by atoms with Crippen LogP contribution in [0.2, 0.25) is 5.02 Å². The SMILES string of the molecule is CC(COCC(=O)OC(C)C)N[C@H]1CC[C@H](Nc2cc(-c3cccc(NCC4(C#N)CCOCC4)n3)c(Cl)cn2)CC1. The molecule has 0 radical (unpaired) electrons. The van der Waals surface area contributed by atoms with Crippen LogP contribution in [0, 0.1) is 16.7 Å². The van der Waals surface area contributed by atoms with Gasteiger partial charge < -0.3 is 30.2 Å². The zero-order valence-electron chi connectivity index (χ0n) is 24.8. The average Bonchev–Trinajstić information content (AvgIpc) is 2.98. The molecule has 2 aliphatic rings. The fourth-order valence-electron chi connectivity index (χ4n) is 5.43. The highest BCUT2D eigenvalue weighted by atomic mass is 35.5. The highest BCUT2D eigenvalue weighted by Crippen LogP contribution is 2.32. The van der Waals surface area contributed by atoms with Gasteiger partial charge >= 0.3 is 5.97 Å². The van der Waals surface area contributed by atoms with Gasteiger partial charge in [0, 0.05) is 49.6 Å². The summed E-state index contributed by atoms with van der Waals surface area (Å²) in [5, 5.41) is 20.9. The van der Waals surface area contributed by atoms with E-state index in [1.54, 1.807) is 6.20 Å². The van der Waals surface area contributed by atoms with Gasteiger partial charge in [0.05, 0.1) is 34.9 Å². The first-order valence-corrected chi connectivity index (χ1v) is 15.3. The molecule has 228 valence electrons. The Morgan fingerprint density at radius 3 is 2.62 bits per heavy atom. The molecule has 1 unspecified atom stereocenters. The third-order valence-electron chi connectivity index (χ3n) is 7.73. The number of hydrogen-bond acceptors (Lipinski definition) is 10. The van der Waals surface area contributed by atoms with Crippen LogP contribution in [0.25, 0.3) is 11.3 Å². The predicted molar refractivity (Wildman–Crippen MR) is 163 cm³/mol. The van der Waals surface area contributed by atoms with Gasteiger partial charge in [-0.2, -0.15) is 5.26 Å². The van der Waals surface area contributed by atoms with Gasteiger partial charge in [0.25, 0.3) is 0 Å². The number of nitrogens with zero attached hydrogens (tertiary/aromatic N) is 3. The van der Waals surface area contributed by atoms with Crippen molar-refractivity contribution in [2.45, 2.75) is 83.5 Å². The molecule has 1 atom stereocenters. The number of carbonyl (C=O) groups is 1. The Kier molecular flexibility index (Phi) is 11.8. The first-order valence-electron chi connectivity index (χ1n) is 14.9. The lowest BCUT2D eigenvalue weighted by atomic mass is 9.82. The van der Waals surface area contributed by atoms with E-state index in [1.807, 2.05) is 38.1 Å². The Labute approximate surface area is 253 Å². The monoisotopic (exact) mass is 598 g/mol. The standard InChI is InChI=1S/C31H43ClN6O4/c1-21(2)42-30(39)18-41-17-22(3)36-23-7-9-24(10-8-23)37-29-15-25(26(32)16-34-29)27-5-4-6-28(38-27)35-20-31(19-33)11-13-40-14-12-31/h4-6,15-16,21-24,36H,7-14,17-18,20H2,1-3H3,(H,34,37)(H,35,38)/t22?,23-,24-. The van der Waals surface area contributed by atoms with E-state index in [0.29, 0.717) is 62.1 Å². The number of rotatable bonds is 13. The second-order valence-electron chi connectivity index (χ2n) is 11.6. The molecule has 3 N–H and O–H groups in total. The zero-order chi connectivity index (χ0) is 30.0. The maximum atomic E-state index is 11.6. The molecule has 0 aromatic carbocycles. The Balaban J connectivity index is 1.26. The highest BCUT2D eigenvalue weighted by Gasteiger charge is 2.32. The summed E-state index contributed by atoms with van der Waals surface area (Å²) in [6, 6.07) is 11.1. The molecular formula is C31H43ClN6O4. The van der Waals surface area contributed by atoms with E-state index >= 15 is 0 Å².